The molecule has 1 aliphatic rings. The van der Waals surface area contributed by atoms with E-state index in [1.807, 2.05) is 0 Å². The summed E-state index contributed by atoms with van der Waals surface area (Å²) < 4.78 is 36.5. The number of rotatable bonds is 3. The Morgan fingerprint density at radius 2 is 2.35 bits per heavy atom. The van der Waals surface area contributed by atoms with Gasteiger partial charge >= 0.3 is 6.18 Å². The highest BCUT2D eigenvalue weighted by Crippen LogP contribution is 2.30. The van der Waals surface area contributed by atoms with Gasteiger partial charge in [-0.2, -0.15) is 13.2 Å². The molecule has 2 heterocycles. The highest BCUT2D eigenvalue weighted by molar-refractivity contribution is 8.00. The van der Waals surface area contributed by atoms with E-state index in [0.29, 0.717) is 11.6 Å². The van der Waals surface area contributed by atoms with Gasteiger partial charge in [-0.15, -0.1) is 0 Å². The van der Waals surface area contributed by atoms with Gasteiger partial charge in [0.2, 0.25) is 5.91 Å². The topological polar surface area (TPSA) is 49.0 Å². The third kappa shape index (κ3) is 3.15. The fraction of sp³-hybridized carbons (Fsp3) is 0.556. The van der Waals surface area contributed by atoms with Gasteiger partial charge in [-0.1, -0.05) is 11.8 Å². The van der Waals surface area contributed by atoms with E-state index in [0.717, 1.165) is 4.90 Å². The van der Waals surface area contributed by atoms with E-state index >= 15 is 0 Å². The normalized spacial score (nSPS) is 21.2. The first kappa shape index (κ1) is 12.3. The van der Waals surface area contributed by atoms with Crippen LogP contribution in [0.2, 0.25) is 0 Å². The Morgan fingerprint density at radius 3 is 2.94 bits per heavy atom. The van der Waals surface area contributed by atoms with Crippen LogP contribution in [0.25, 0.3) is 0 Å². The average Bonchev–Trinajstić information content (AvgIpc) is 2.81. The minimum absolute atomic E-state index is 0.150. The summed E-state index contributed by atoms with van der Waals surface area (Å²) in [4.78, 5) is 19.3. The minimum Gasteiger partial charge on any atom is -0.340 e. The number of halogens is 3. The fourth-order valence-corrected chi connectivity index (χ4v) is 2.64. The van der Waals surface area contributed by atoms with Crippen molar-refractivity contribution < 1.29 is 18.0 Å². The summed E-state index contributed by atoms with van der Waals surface area (Å²) in [5, 5.41) is 0.0840. The molecule has 1 amide bonds. The van der Waals surface area contributed by atoms with Crippen LogP contribution >= 0.6 is 11.8 Å². The third-order valence-corrected chi connectivity index (χ3v) is 3.51. The first-order valence-corrected chi connectivity index (χ1v) is 5.85. The predicted molar refractivity (Wildman–Crippen MR) is 55.5 cm³/mol. The van der Waals surface area contributed by atoms with Crippen LogP contribution in [0, 0.1) is 0 Å². The maximum Gasteiger partial charge on any atom is 0.406 e. The Labute approximate surface area is 99.6 Å². The molecule has 1 aliphatic heterocycles. The molecule has 1 fully saturated rings. The Hall–Kier alpha value is -1.18. The van der Waals surface area contributed by atoms with Gasteiger partial charge in [-0.25, -0.2) is 4.98 Å². The van der Waals surface area contributed by atoms with Gasteiger partial charge in [-0.05, 0) is 6.42 Å². The van der Waals surface area contributed by atoms with Gasteiger partial charge in [0, 0.05) is 18.9 Å². The smallest absolute Gasteiger partial charge is 0.340 e. The lowest BCUT2D eigenvalue weighted by Crippen LogP contribution is -2.36. The molecule has 8 heteroatoms. The molecule has 1 unspecified atom stereocenters. The lowest BCUT2D eigenvalue weighted by atomic mass is 10.4. The monoisotopic (exact) mass is 265 g/mol. The molecular weight excluding hydrogens is 255 g/mol. The maximum atomic E-state index is 12.2. The Kier molecular flexibility index (Phi) is 3.32. The predicted octanol–water partition coefficient (Wildman–Crippen LogP) is 1.67. The van der Waals surface area contributed by atoms with Crippen LogP contribution in [0.5, 0.6) is 0 Å². The third-order valence-electron chi connectivity index (χ3n) is 2.35. The van der Waals surface area contributed by atoms with Crippen molar-refractivity contribution >= 4 is 17.7 Å². The Bertz CT molecular complexity index is 393. The molecule has 2 rings (SSSR count). The number of hydrogen-bond donors (Lipinski definition) is 1. The zero-order valence-corrected chi connectivity index (χ0v) is 9.51. The molecule has 0 bridgehead atoms. The second-order valence-electron chi connectivity index (χ2n) is 3.66. The Balaban J connectivity index is 1.93. The van der Waals surface area contributed by atoms with Crippen molar-refractivity contribution in [3.8, 4) is 0 Å². The maximum absolute atomic E-state index is 12.2. The number of alkyl halides is 3. The van der Waals surface area contributed by atoms with Crippen LogP contribution in [0.1, 0.15) is 6.42 Å². The number of H-pyrrole nitrogens is 1. The minimum atomic E-state index is -4.33. The van der Waals surface area contributed by atoms with Gasteiger partial charge in [0.25, 0.3) is 0 Å². The second-order valence-corrected chi connectivity index (χ2v) is 4.86. The molecular formula is C9H10F3N3OS. The van der Waals surface area contributed by atoms with Gasteiger partial charge in [-0.3, -0.25) is 4.79 Å². The standard InChI is InChI=1S/C9H10F3N3OS/c10-9(11,12)5-15-4-1-6(7(15)16)17-8-13-2-3-14-8/h2-3,6H,1,4-5H2,(H,13,14). The number of thioether (sulfide) groups is 1. The van der Waals surface area contributed by atoms with Crippen LogP contribution in [0.4, 0.5) is 13.2 Å². The van der Waals surface area contributed by atoms with Crippen molar-refractivity contribution in [1.82, 2.24) is 14.9 Å². The highest BCUT2D eigenvalue weighted by Gasteiger charge is 2.39. The van der Waals surface area contributed by atoms with Gasteiger partial charge in [0.15, 0.2) is 5.16 Å². The molecule has 1 aromatic heterocycles. The number of nitrogens with zero attached hydrogens (tertiary/aromatic N) is 2. The van der Waals surface area contributed by atoms with Gasteiger partial charge < -0.3 is 9.88 Å². The summed E-state index contributed by atoms with van der Waals surface area (Å²) in [5.41, 5.74) is 0. The van der Waals surface area contributed by atoms with Crippen LogP contribution in [-0.2, 0) is 4.79 Å². The lowest BCUT2D eigenvalue weighted by Gasteiger charge is -2.18. The fourth-order valence-electron chi connectivity index (χ4n) is 1.64. The van der Waals surface area contributed by atoms with E-state index in [9.17, 15) is 18.0 Å². The van der Waals surface area contributed by atoms with Crippen molar-refractivity contribution in [3.63, 3.8) is 0 Å². The number of amides is 1. The largest absolute Gasteiger partial charge is 0.406 e. The quantitative estimate of drug-likeness (QED) is 0.904. The molecule has 0 spiro atoms. The van der Waals surface area contributed by atoms with Gasteiger partial charge in [0.05, 0.1) is 5.25 Å². The number of likely N-dealkylation sites (tertiary alicyclic amines) is 1. The van der Waals surface area contributed by atoms with E-state index in [2.05, 4.69) is 9.97 Å². The summed E-state index contributed by atoms with van der Waals surface area (Å²) in [7, 11) is 0. The molecule has 0 aliphatic carbocycles. The number of aromatic amines is 1. The van der Waals surface area contributed by atoms with Crippen molar-refractivity contribution in [2.24, 2.45) is 0 Å². The summed E-state index contributed by atoms with van der Waals surface area (Å²) in [6.45, 7) is -1.02. The molecule has 1 aromatic rings. The number of hydrogen-bond acceptors (Lipinski definition) is 3. The van der Waals surface area contributed by atoms with E-state index in [4.69, 9.17) is 0 Å². The summed E-state index contributed by atoms with van der Waals surface area (Å²) in [5.74, 6) is -0.469. The van der Waals surface area contributed by atoms with Crippen molar-refractivity contribution in [2.75, 3.05) is 13.1 Å². The highest BCUT2D eigenvalue weighted by atomic mass is 32.2. The van der Waals surface area contributed by atoms with E-state index in [1.54, 1.807) is 6.20 Å². The first-order chi connectivity index (χ1) is 7.96. The van der Waals surface area contributed by atoms with Crippen LogP contribution in [0.3, 0.4) is 0 Å². The Morgan fingerprint density at radius 1 is 1.59 bits per heavy atom. The summed E-state index contributed by atoms with van der Waals surface area (Å²) in [6, 6.07) is 0. The molecule has 94 valence electrons. The van der Waals surface area contributed by atoms with E-state index < -0.39 is 23.9 Å². The first-order valence-electron chi connectivity index (χ1n) is 4.97. The molecule has 0 radical (unpaired) electrons. The van der Waals surface area contributed by atoms with Crippen molar-refractivity contribution in [1.29, 1.82) is 0 Å². The molecule has 1 saturated heterocycles. The molecule has 0 saturated carbocycles. The van der Waals surface area contributed by atoms with Gasteiger partial charge in [0.1, 0.15) is 6.54 Å². The van der Waals surface area contributed by atoms with Crippen molar-refractivity contribution in [2.45, 2.75) is 23.0 Å². The average molecular weight is 265 g/mol. The molecule has 1 atom stereocenters. The second kappa shape index (κ2) is 4.59. The zero-order chi connectivity index (χ0) is 12.5. The number of carbonyl (C=O) groups excluding carboxylic acids is 1. The van der Waals surface area contributed by atoms with Crippen molar-refractivity contribution in [3.05, 3.63) is 12.4 Å². The van der Waals surface area contributed by atoms with E-state index in [-0.39, 0.29) is 6.54 Å². The van der Waals surface area contributed by atoms with Crippen LogP contribution in [-0.4, -0.2) is 45.3 Å². The number of carbonyl (C=O) groups is 1. The van der Waals surface area contributed by atoms with E-state index in [1.165, 1.54) is 18.0 Å². The van der Waals surface area contributed by atoms with Crippen LogP contribution in [0.15, 0.2) is 17.6 Å². The van der Waals surface area contributed by atoms with Crippen LogP contribution < -0.4 is 0 Å². The summed E-state index contributed by atoms with van der Waals surface area (Å²) >= 11 is 1.17. The molecule has 17 heavy (non-hydrogen) atoms. The summed E-state index contributed by atoms with van der Waals surface area (Å²) in [6.07, 6.45) is -0.773. The SMILES string of the molecule is O=C1C(Sc2ncc[nH]2)CCN1CC(F)(F)F. The number of imidazole rings is 1. The number of aromatic nitrogens is 2. The number of nitrogens with one attached hydrogen (secondary N) is 1. The zero-order valence-electron chi connectivity index (χ0n) is 8.70. The lowest BCUT2D eigenvalue weighted by molar-refractivity contribution is -0.157. The molecule has 4 nitrogen and oxygen atoms in total. The molecule has 1 N–H and O–H groups in total. The molecule has 0 aromatic carbocycles.